The smallest absolute Gasteiger partial charge is 0.0352 e. The maximum Gasteiger partial charge on any atom is 0.0352 e. The Labute approximate surface area is 127 Å². The number of hydrogen-bond donors (Lipinski definition) is 4. The molecule has 1 heterocycles. The first-order valence-electron chi connectivity index (χ1n) is 8.05. The zero-order valence-electron chi connectivity index (χ0n) is 13.3. The Kier molecular flexibility index (Phi) is 4.06. The second kappa shape index (κ2) is 5.69. The van der Waals surface area contributed by atoms with E-state index < -0.39 is 0 Å². The molecule has 0 spiro atoms. The molecule has 4 unspecified atom stereocenters. The van der Waals surface area contributed by atoms with Gasteiger partial charge in [-0.15, -0.1) is 0 Å². The molecule has 0 aromatic heterocycles. The highest BCUT2D eigenvalue weighted by atomic mass is 15.4. The van der Waals surface area contributed by atoms with Gasteiger partial charge in [-0.2, -0.15) is 0 Å². The van der Waals surface area contributed by atoms with Crippen LogP contribution in [0.5, 0.6) is 0 Å². The predicted molar refractivity (Wildman–Crippen MR) is 86.9 cm³/mol. The van der Waals surface area contributed by atoms with Crippen LogP contribution in [0.25, 0.3) is 0 Å². The molecule has 5 N–H and O–H groups in total. The second-order valence-electron chi connectivity index (χ2n) is 7.14. The molecule has 21 heavy (non-hydrogen) atoms. The summed E-state index contributed by atoms with van der Waals surface area (Å²) in [5.74, 6) is 1.26. The number of nitrogens with two attached hydrogens (primary N) is 1. The summed E-state index contributed by atoms with van der Waals surface area (Å²) < 4.78 is 0. The molecular weight excluding hydrogens is 260 g/mol. The van der Waals surface area contributed by atoms with Crippen molar-refractivity contribution in [3.05, 3.63) is 35.4 Å². The number of hydrazine groups is 1. The molecule has 1 aromatic rings. The van der Waals surface area contributed by atoms with Crippen molar-refractivity contribution in [2.75, 3.05) is 13.6 Å². The molecular formula is C17H28N4. The van der Waals surface area contributed by atoms with Crippen LogP contribution in [0.1, 0.15) is 43.7 Å². The highest BCUT2D eigenvalue weighted by Gasteiger charge is 2.41. The third kappa shape index (κ3) is 2.86. The number of fused-ring (bicyclic) bond motifs is 1. The fourth-order valence-corrected chi connectivity index (χ4v) is 4.01. The molecule has 2 fully saturated rings. The van der Waals surface area contributed by atoms with E-state index in [1.54, 1.807) is 0 Å². The molecule has 4 heteroatoms. The average molecular weight is 288 g/mol. The Hall–Kier alpha value is -0.940. The molecule has 2 aliphatic rings. The number of rotatable bonds is 3. The van der Waals surface area contributed by atoms with Gasteiger partial charge in [-0.1, -0.05) is 24.3 Å². The Morgan fingerprint density at radius 1 is 1.19 bits per heavy atom. The van der Waals surface area contributed by atoms with Gasteiger partial charge in [-0.25, -0.2) is 0 Å². The van der Waals surface area contributed by atoms with E-state index in [4.69, 9.17) is 5.73 Å². The van der Waals surface area contributed by atoms with Crippen LogP contribution in [0.3, 0.4) is 0 Å². The van der Waals surface area contributed by atoms with E-state index >= 15 is 0 Å². The topological polar surface area (TPSA) is 62.1 Å². The van der Waals surface area contributed by atoms with Gasteiger partial charge in [0.25, 0.3) is 0 Å². The monoisotopic (exact) mass is 288 g/mol. The predicted octanol–water partition coefficient (Wildman–Crippen LogP) is 1.44. The fraction of sp³-hybridized carbons (Fsp3) is 0.647. The third-order valence-corrected chi connectivity index (χ3v) is 5.24. The number of benzene rings is 1. The van der Waals surface area contributed by atoms with Crippen molar-refractivity contribution in [1.29, 1.82) is 0 Å². The zero-order chi connectivity index (χ0) is 15.0. The summed E-state index contributed by atoms with van der Waals surface area (Å²) in [4.78, 5) is 0. The Morgan fingerprint density at radius 3 is 2.52 bits per heavy atom. The van der Waals surface area contributed by atoms with Crippen LogP contribution >= 0.6 is 0 Å². The molecule has 0 amide bonds. The number of nitrogens with one attached hydrogen (secondary N) is 3. The highest BCUT2D eigenvalue weighted by Crippen LogP contribution is 2.38. The van der Waals surface area contributed by atoms with Crippen molar-refractivity contribution >= 4 is 0 Å². The molecule has 4 nitrogen and oxygen atoms in total. The van der Waals surface area contributed by atoms with Gasteiger partial charge in [0.2, 0.25) is 0 Å². The van der Waals surface area contributed by atoms with Gasteiger partial charge in [0.05, 0.1) is 0 Å². The molecule has 1 aliphatic heterocycles. The molecule has 0 radical (unpaired) electrons. The van der Waals surface area contributed by atoms with Crippen molar-refractivity contribution in [2.24, 2.45) is 11.7 Å². The first-order chi connectivity index (χ1) is 10.0. The van der Waals surface area contributed by atoms with Gasteiger partial charge in [0, 0.05) is 30.1 Å². The highest BCUT2D eigenvalue weighted by molar-refractivity contribution is 5.31. The molecule has 1 aliphatic carbocycles. The SMILES string of the molecule is CNC1C(c2ccc(C(C)(C)N)cc2)CCC2NNCC21. The molecule has 4 atom stereocenters. The van der Waals surface area contributed by atoms with Crippen LogP contribution in [0.2, 0.25) is 0 Å². The quantitative estimate of drug-likeness (QED) is 0.680. The van der Waals surface area contributed by atoms with E-state index in [9.17, 15) is 0 Å². The van der Waals surface area contributed by atoms with E-state index in [1.807, 2.05) is 0 Å². The zero-order valence-corrected chi connectivity index (χ0v) is 13.3. The van der Waals surface area contributed by atoms with E-state index in [2.05, 4.69) is 61.3 Å². The fourth-order valence-electron chi connectivity index (χ4n) is 4.01. The lowest BCUT2D eigenvalue weighted by atomic mass is 9.72. The van der Waals surface area contributed by atoms with Gasteiger partial charge in [-0.05, 0) is 50.8 Å². The van der Waals surface area contributed by atoms with Crippen LogP contribution in [-0.2, 0) is 5.54 Å². The summed E-state index contributed by atoms with van der Waals surface area (Å²) in [6.45, 7) is 5.17. The summed E-state index contributed by atoms with van der Waals surface area (Å²) >= 11 is 0. The van der Waals surface area contributed by atoms with Crippen molar-refractivity contribution in [3.8, 4) is 0 Å². The summed E-state index contributed by atoms with van der Waals surface area (Å²) in [5, 5.41) is 3.56. The third-order valence-electron chi connectivity index (χ3n) is 5.24. The van der Waals surface area contributed by atoms with E-state index in [0.717, 1.165) is 6.54 Å². The van der Waals surface area contributed by atoms with Crippen LogP contribution in [0.4, 0.5) is 0 Å². The molecule has 116 valence electrons. The molecule has 1 saturated carbocycles. The normalized spacial score (nSPS) is 33.0. The van der Waals surface area contributed by atoms with Gasteiger partial charge in [0.1, 0.15) is 0 Å². The second-order valence-corrected chi connectivity index (χ2v) is 7.14. The van der Waals surface area contributed by atoms with Crippen molar-refractivity contribution in [2.45, 2.75) is 50.2 Å². The van der Waals surface area contributed by atoms with Crippen molar-refractivity contribution in [1.82, 2.24) is 16.2 Å². The first kappa shape index (κ1) is 15.0. The van der Waals surface area contributed by atoms with Gasteiger partial charge in [0.15, 0.2) is 0 Å². The van der Waals surface area contributed by atoms with Crippen molar-refractivity contribution in [3.63, 3.8) is 0 Å². The lowest BCUT2D eigenvalue weighted by molar-refractivity contribution is 0.231. The maximum atomic E-state index is 6.18. The number of likely N-dealkylation sites (N-methyl/N-ethyl adjacent to an activating group) is 1. The van der Waals surface area contributed by atoms with Crippen molar-refractivity contribution < 1.29 is 0 Å². The van der Waals surface area contributed by atoms with Crippen LogP contribution in [0, 0.1) is 5.92 Å². The molecule has 0 bridgehead atoms. The molecule has 3 rings (SSSR count). The van der Waals surface area contributed by atoms with E-state index in [1.165, 1.54) is 24.0 Å². The van der Waals surface area contributed by atoms with Crippen LogP contribution in [0.15, 0.2) is 24.3 Å². The lowest BCUT2D eigenvalue weighted by Gasteiger charge is -2.39. The molecule has 1 aromatic carbocycles. The summed E-state index contributed by atoms with van der Waals surface area (Å²) in [6, 6.07) is 10.1. The minimum absolute atomic E-state index is 0.266. The Bertz CT molecular complexity index is 477. The van der Waals surface area contributed by atoms with Gasteiger partial charge < -0.3 is 11.1 Å². The minimum Gasteiger partial charge on any atom is -0.322 e. The lowest BCUT2D eigenvalue weighted by Crippen LogP contribution is -2.49. The van der Waals surface area contributed by atoms with Crippen LogP contribution < -0.4 is 21.9 Å². The van der Waals surface area contributed by atoms with Crippen LogP contribution in [-0.4, -0.2) is 25.7 Å². The summed E-state index contributed by atoms with van der Waals surface area (Å²) in [7, 11) is 2.09. The first-order valence-corrected chi connectivity index (χ1v) is 8.05. The van der Waals surface area contributed by atoms with E-state index in [0.29, 0.717) is 23.9 Å². The van der Waals surface area contributed by atoms with Gasteiger partial charge in [-0.3, -0.25) is 10.9 Å². The van der Waals surface area contributed by atoms with E-state index in [-0.39, 0.29) is 5.54 Å². The summed E-state index contributed by atoms with van der Waals surface area (Å²) in [5.41, 5.74) is 15.3. The maximum absolute atomic E-state index is 6.18. The Morgan fingerprint density at radius 2 is 1.90 bits per heavy atom. The van der Waals surface area contributed by atoms with Gasteiger partial charge >= 0.3 is 0 Å². The largest absolute Gasteiger partial charge is 0.322 e. The Balaban J connectivity index is 1.82. The minimum atomic E-state index is -0.266. The average Bonchev–Trinajstić information content (AvgIpc) is 2.94. The summed E-state index contributed by atoms with van der Waals surface area (Å²) in [6.07, 6.45) is 2.47. The number of hydrogen-bond acceptors (Lipinski definition) is 4. The molecule has 1 saturated heterocycles. The standard InChI is InChI=1S/C17H28N4/c1-17(2,18)12-6-4-11(5-7-12)13-8-9-15-14(10-20-21-15)16(13)19-3/h4-7,13-16,19-21H,8-10,18H2,1-3H3.